The number of anilines is 2. The number of ether oxygens (including phenoxy) is 2. The number of nitrogens with zero attached hydrogens (tertiary/aromatic N) is 3. The zero-order chi connectivity index (χ0) is 18.4. The summed E-state index contributed by atoms with van der Waals surface area (Å²) in [7, 11) is -0.890. The summed E-state index contributed by atoms with van der Waals surface area (Å²) in [6.07, 6.45) is 0. The van der Waals surface area contributed by atoms with Crippen molar-refractivity contribution in [1.29, 1.82) is 0 Å². The van der Waals surface area contributed by atoms with E-state index >= 15 is 0 Å². The summed E-state index contributed by atoms with van der Waals surface area (Å²) in [5, 5.41) is 8.01. The van der Waals surface area contributed by atoms with Crippen molar-refractivity contribution in [2.75, 3.05) is 36.9 Å². The van der Waals surface area contributed by atoms with Crippen LogP contribution in [0.25, 0.3) is 0 Å². The fourth-order valence-corrected chi connectivity index (χ4v) is 3.29. The molecule has 0 amide bonds. The van der Waals surface area contributed by atoms with Gasteiger partial charge in [-0.1, -0.05) is 0 Å². The van der Waals surface area contributed by atoms with E-state index in [1.54, 1.807) is 12.1 Å². The summed E-state index contributed by atoms with van der Waals surface area (Å²) in [4.78, 5) is 2.05. The molecule has 1 N–H and O–H groups in total. The zero-order valence-corrected chi connectivity index (χ0v) is 15.5. The SMILES string of the molecule is CCN(CC)c1ccc(NS(=O)(=O)c2ccc(OC)c(OC)c2)nn1. The smallest absolute Gasteiger partial charge is 0.263 e. The van der Waals surface area contributed by atoms with Gasteiger partial charge in [-0.2, -0.15) is 0 Å². The van der Waals surface area contributed by atoms with Crippen LogP contribution in [-0.4, -0.2) is 45.9 Å². The molecule has 0 fully saturated rings. The number of nitrogens with one attached hydrogen (secondary N) is 1. The van der Waals surface area contributed by atoms with Crippen LogP contribution in [0, 0.1) is 0 Å². The fraction of sp³-hybridized carbons (Fsp3) is 0.375. The molecular formula is C16H22N4O4S. The average molecular weight is 366 g/mol. The Kier molecular flexibility index (Phi) is 6.02. The first-order valence-electron chi connectivity index (χ1n) is 7.78. The van der Waals surface area contributed by atoms with Crippen LogP contribution in [0.1, 0.15) is 13.8 Å². The third-order valence-electron chi connectivity index (χ3n) is 3.64. The van der Waals surface area contributed by atoms with Crippen molar-refractivity contribution in [3.05, 3.63) is 30.3 Å². The summed E-state index contributed by atoms with van der Waals surface area (Å²) >= 11 is 0. The van der Waals surface area contributed by atoms with E-state index in [0.29, 0.717) is 17.3 Å². The Morgan fingerprint density at radius 3 is 2.20 bits per heavy atom. The summed E-state index contributed by atoms with van der Waals surface area (Å²) in [5.41, 5.74) is 0. The lowest BCUT2D eigenvalue weighted by Crippen LogP contribution is -2.23. The van der Waals surface area contributed by atoms with Crippen LogP contribution in [0.4, 0.5) is 11.6 Å². The molecule has 0 atom stereocenters. The molecule has 1 heterocycles. The average Bonchev–Trinajstić information content (AvgIpc) is 2.63. The quantitative estimate of drug-likeness (QED) is 0.765. The maximum Gasteiger partial charge on any atom is 0.263 e. The van der Waals surface area contributed by atoms with E-state index in [2.05, 4.69) is 14.9 Å². The summed E-state index contributed by atoms with van der Waals surface area (Å²) < 4.78 is 37.7. The largest absolute Gasteiger partial charge is 0.493 e. The second-order valence-corrected chi connectivity index (χ2v) is 6.75. The van der Waals surface area contributed by atoms with Crippen LogP contribution in [0.2, 0.25) is 0 Å². The van der Waals surface area contributed by atoms with E-state index in [1.807, 2.05) is 18.7 Å². The van der Waals surface area contributed by atoms with Crippen LogP contribution in [0.15, 0.2) is 35.2 Å². The Hall–Kier alpha value is -2.55. The highest BCUT2D eigenvalue weighted by Crippen LogP contribution is 2.30. The molecule has 2 aromatic rings. The zero-order valence-electron chi connectivity index (χ0n) is 14.7. The van der Waals surface area contributed by atoms with E-state index in [1.165, 1.54) is 32.4 Å². The Labute approximate surface area is 147 Å². The highest BCUT2D eigenvalue weighted by atomic mass is 32.2. The van der Waals surface area contributed by atoms with E-state index in [4.69, 9.17) is 9.47 Å². The molecule has 0 unspecified atom stereocenters. The third-order valence-corrected chi connectivity index (χ3v) is 4.99. The number of methoxy groups -OCH3 is 2. The fourth-order valence-electron chi connectivity index (χ4n) is 2.28. The van der Waals surface area contributed by atoms with Crippen molar-refractivity contribution < 1.29 is 17.9 Å². The number of benzene rings is 1. The molecule has 0 spiro atoms. The lowest BCUT2D eigenvalue weighted by Gasteiger charge is -2.18. The van der Waals surface area contributed by atoms with E-state index < -0.39 is 10.0 Å². The lowest BCUT2D eigenvalue weighted by atomic mass is 10.3. The van der Waals surface area contributed by atoms with Crippen molar-refractivity contribution in [1.82, 2.24) is 10.2 Å². The number of sulfonamides is 1. The van der Waals surface area contributed by atoms with Gasteiger partial charge in [0, 0.05) is 19.2 Å². The highest BCUT2D eigenvalue weighted by Gasteiger charge is 2.18. The molecule has 1 aromatic heterocycles. The van der Waals surface area contributed by atoms with Crippen molar-refractivity contribution in [2.24, 2.45) is 0 Å². The van der Waals surface area contributed by atoms with Gasteiger partial charge in [0.2, 0.25) is 0 Å². The van der Waals surface area contributed by atoms with Gasteiger partial charge in [-0.25, -0.2) is 8.42 Å². The molecule has 2 rings (SSSR count). The van der Waals surface area contributed by atoms with Crippen molar-refractivity contribution >= 4 is 21.7 Å². The Morgan fingerprint density at radius 2 is 1.68 bits per heavy atom. The molecule has 0 aliphatic heterocycles. The first-order chi connectivity index (χ1) is 11.9. The van der Waals surface area contributed by atoms with Crippen LogP contribution in [0.5, 0.6) is 11.5 Å². The van der Waals surface area contributed by atoms with Gasteiger partial charge in [0.1, 0.15) is 0 Å². The van der Waals surface area contributed by atoms with Gasteiger partial charge < -0.3 is 14.4 Å². The maximum absolute atomic E-state index is 12.5. The molecule has 1 aromatic carbocycles. The lowest BCUT2D eigenvalue weighted by molar-refractivity contribution is 0.354. The van der Waals surface area contributed by atoms with E-state index in [0.717, 1.165) is 13.1 Å². The molecule has 0 saturated heterocycles. The number of aromatic nitrogens is 2. The molecule has 8 nitrogen and oxygen atoms in total. The van der Waals surface area contributed by atoms with Crippen LogP contribution in [0.3, 0.4) is 0 Å². The van der Waals surface area contributed by atoms with E-state index in [9.17, 15) is 8.42 Å². The van der Waals surface area contributed by atoms with Gasteiger partial charge in [0.15, 0.2) is 23.1 Å². The third kappa shape index (κ3) is 4.30. The molecule has 0 aliphatic carbocycles. The second-order valence-electron chi connectivity index (χ2n) is 5.07. The van der Waals surface area contributed by atoms with Gasteiger partial charge in [-0.15, -0.1) is 10.2 Å². The molecule has 0 radical (unpaired) electrons. The molecule has 0 bridgehead atoms. The maximum atomic E-state index is 12.5. The minimum atomic E-state index is -3.82. The molecule has 0 aliphatic rings. The number of rotatable bonds is 8. The molecule has 0 saturated carbocycles. The minimum absolute atomic E-state index is 0.0415. The van der Waals surface area contributed by atoms with Crippen molar-refractivity contribution in [3.63, 3.8) is 0 Å². The minimum Gasteiger partial charge on any atom is -0.493 e. The van der Waals surface area contributed by atoms with Gasteiger partial charge in [0.05, 0.1) is 19.1 Å². The topological polar surface area (TPSA) is 93.7 Å². The van der Waals surface area contributed by atoms with Crippen LogP contribution >= 0.6 is 0 Å². The van der Waals surface area contributed by atoms with Crippen LogP contribution in [-0.2, 0) is 10.0 Å². The first-order valence-corrected chi connectivity index (χ1v) is 9.27. The molecule has 25 heavy (non-hydrogen) atoms. The van der Waals surface area contributed by atoms with Crippen molar-refractivity contribution in [3.8, 4) is 11.5 Å². The predicted octanol–water partition coefficient (Wildman–Crippen LogP) is 2.14. The number of hydrogen-bond donors (Lipinski definition) is 1. The van der Waals surface area contributed by atoms with Crippen molar-refractivity contribution in [2.45, 2.75) is 18.7 Å². The predicted molar refractivity (Wildman–Crippen MR) is 95.9 cm³/mol. The molecule has 136 valence electrons. The van der Waals surface area contributed by atoms with Gasteiger partial charge in [0.25, 0.3) is 10.0 Å². The van der Waals surface area contributed by atoms with Gasteiger partial charge in [-0.3, -0.25) is 4.72 Å². The molecular weight excluding hydrogens is 344 g/mol. The van der Waals surface area contributed by atoms with Crippen LogP contribution < -0.4 is 19.1 Å². The van der Waals surface area contributed by atoms with Gasteiger partial charge >= 0.3 is 0 Å². The van der Waals surface area contributed by atoms with Gasteiger partial charge in [-0.05, 0) is 38.1 Å². The highest BCUT2D eigenvalue weighted by molar-refractivity contribution is 7.92. The monoisotopic (exact) mass is 366 g/mol. The van der Waals surface area contributed by atoms with E-state index in [-0.39, 0.29) is 10.7 Å². The second kappa shape index (κ2) is 8.02. The normalized spacial score (nSPS) is 11.0. The Bertz CT molecular complexity index is 805. The molecule has 9 heteroatoms. The summed E-state index contributed by atoms with van der Waals surface area (Å²) in [6.45, 7) is 5.61. The standard InChI is InChI=1S/C16H22N4O4S/c1-5-20(6-2)16-10-9-15(17-18-16)19-25(21,22)12-7-8-13(23-3)14(11-12)24-4/h7-11H,5-6H2,1-4H3,(H,17,19). The number of hydrogen-bond acceptors (Lipinski definition) is 7. The Morgan fingerprint density at radius 1 is 1.00 bits per heavy atom. The Balaban J connectivity index is 2.24. The first kappa shape index (κ1) is 18.8. The summed E-state index contributed by atoms with van der Waals surface area (Å²) in [6, 6.07) is 7.66. The summed E-state index contributed by atoms with van der Waals surface area (Å²) in [5.74, 6) is 1.61.